The summed E-state index contributed by atoms with van der Waals surface area (Å²) in [5, 5.41) is 0. The van der Waals surface area contributed by atoms with Crippen molar-refractivity contribution in [2.75, 3.05) is 13.9 Å². The van der Waals surface area contributed by atoms with E-state index in [9.17, 15) is 0 Å². The molecule has 0 saturated heterocycles. The first kappa shape index (κ1) is 8.48. The highest BCUT2D eigenvalue weighted by Gasteiger charge is 1.98. The van der Waals surface area contributed by atoms with E-state index >= 15 is 0 Å². The number of rotatable bonds is 4. The SMILES string of the molecule is C#CC(CC)OCOC. The average molecular weight is 128 g/mol. The molecule has 2 heteroatoms. The maximum Gasteiger partial charge on any atom is 0.148 e. The standard InChI is InChI=1S/C7H12O2/c1-4-7(5-2)9-6-8-3/h1,7H,5-6H2,2-3H3. The summed E-state index contributed by atoms with van der Waals surface area (Å²) in [6.45, 7) is 2.25. The molecule has 0 saturated carbocycles. The molecule has 0 spiro atoms. The zero-order valence-corrected chi connectivity index (χ0v) is 5.89. The molecule has 0 aromatic heterocycles. The lowest BCUT2D eigenvalue weighted by Gasteiger charge is -2.06. The fourth-order valence-corrected chi connectivity index (χ4v) is 0.434. The molecule has 0 N–H and O–H groups in total. The third-order valence-corrected chi connectivity index (χ3v) is 0.944. The Morgan fingerprint density at radius 1 is 1.67 bits per heavy atom. The minimum atomic E-state index is -0.0926. The second-order valence-electron chi connectivity index (χ2n) is 1.64. The zero-order valence-electron chi connectivity index (χ0n) is 5.89. The van der Waals surface area contributed by atoms with Gasteiger partial charge in [0.2, 0.25) is 0 Å². The van der Waals surface area contributed by atoms with Crippen molar-refractivity contribution in [3.05, 3.63) is 0 Å². The molecule has 0 heterocycles. The summed E-state index contributed by atoms with van der Waals surface area (Å²) in [7, 11) is 1.57. The minimum absolute atomic E-state index is 0.0926. The van der Waals surface area contributed by atoms with Gasteiger partial charge in [0.15, 0.2) is 0 Å². The van der Waals surface area contributed by atoms with Gasteiger partial charge in [0, 0.05) is 7.11 Å². The van der Waals surface area contributed by atoms with Crippen molar-refractivity contribution in [2.45, 2.75) is 19.4 Å². The molecular weight excluding hydrogens is 116 g/mol. The second kappa shape index (κ2) is 5.61. The van der Waals surface area contributed by atoms with Crippen molar-refractivity contribution < 1.29 is 9.47 Å². The van der Waals surface area contributed by atoms with Gasteiger partial charge in [-0.05, 0) is 6.42 Å². The topological polar surface area (TPSA) is 18.5 Å². The summed E-state index contributed by atoms with van der Waals surface area (Å²) in [5.74, 6) is 2.48. The van der Waals surface area contributed by atoms with Crippen molar-refractivity contribution in [3.63, 3.8) is 0 Å². The van der Waals surface area contributed by atoms with E-state index in [4.69, 9.17) is 11.2 Å². The zero-order chi connectivity index (χ0) is 7.11. The normalized spacial score (nSPS) is 12.6. The van der Waals surface area contributed by atoms with Crippen LogP contribution in [0.15, 0.2) is 0 Å². The van der Waals surface area contributed by atoms with Crippen molar-refractivity contribution in [1.29, 1.82) is 0 Å². The van der Waals surface area contributed by atoms with Crippen molar-refractivity contribution in [3.8, 4) is 12.3 Å². The van der Waals surface area contributed by atoms with E-state index in [-0.39, 0.29) is 12.9 Å². The van der Waals surface area contributed by atoms with Crippen molar-refractivity contribution in [1.82, 2.24) is 0 Å². The maximum absolute atomic E-state index is 5.09. The summed E-state index contributed by atoms with van der Waals surface area (Å²) in [5.41, 5.74) is 0. The Labute approximate surface area is 56.2 Å². The number of hydrogen-bond acceptors (Lipinski definition) is 2. The van der Waals surface area contributed by atoms with Gasteiger partial charge < -0.3 is 9.47 Å². The first-order chi connectivity index (χ1) is 4.35. The van der Waals surface area contributed by atoms with Gasteiger partial charge in [-0.15, -0.1) is 6.42 Å². The largest absolute Gasteiger partial charge is 0.359 e. The van der Waals surface area contributed by atoms with E-state index in [1.165, 1.54) is 0 Å². The van der Waals surface area contributed by atoms with Crippen molar-refractivity contribution in [2.24, 2.45) is 0 Å². The summed E-state index contributed by atoms with van der Waals surface area (Å²) in [4.78, 5) is 0. The average Bonchev–Trinajstić information content (AvgIpc) is 1.91. The van der Waals surface area contributed by atoms with Crippen LogP contribution < -0.4 is 0 Å². The van der Waals surface area contributed by atoms with Gasteiger partial charge in [0.05, 0.1) is 0 Å². The Hall–Kier alpha value is -0.520. The highest BCUT2D eigenvalue weighted by molar-refractivity contribution is 4.93. The van der Waals surface area contributed by atoms with Crippen LogP contribution in [-0.4, -0.2) is 20.0 Å². The first-order valence-electron chi connectivity index (χ1n) is 2.91. The lowest BCUT2D eigenvalue weighted by molar-refractivity contribution is -0.0529. The number of hydrogen-bond donors (Lipinski definition) is 0. The van der Waals surface area contributed by atoms with E-state index in [2.05, 4.69) is 10.7 Å². The molecule has 0 aromatic rings. The maximum atomic E-state index is 5.09. The Bertz CT molecular complexity index is 93.6. The van der Waals surface area contributed by atoms with Crippen LogP contribution in [0.4, 0.5) is 0 Å². The Balaban J connectivity index is 3.23. The van der Waals surface area contributed by atoms with Gasteiger partial charge >= 0.3 is 0 Å². The summed E-state index contributed by atoms with van der Waals surface area (Å²) in [6.07, 6.45) is 5.83. The van der Waals surface area contributed by atoms with E-state index in [1.54, 1.807) is 7.11 Å². The van der Waals surface area contributed by atoms with E-state index in [0.717, 1.165) is 6.42 Å². The van der Waals surface area contributed by atoms with Gasteiger partial charge in [-0.2, -0.15) is 0 Å². The summed E-state index contributed by atoms with van der Waals surface area (Å²) >= 11 is 0. The predicted octanol–water partition coefficient (Wildman–Crippen LogP) is 1.02. The molecule has 0 aromatic carbocycles. The third kappa shape index (κ3) is 4.01. The lowest BCUT2D eigenvalue weighted by Crippen LogP contribution is -2.10. The van der Waals surface area contributed by atoms with E-state index in [1.807, 2.05) is 6.92 Å². The van der Waals surface area contributed by atoms with Crippen LogP contribution in [0, 0.1) is 12.3 Å². The molecule has 0 bridgehead atoms. The monoisotopic (exact) mass is 128 g/mol. The Kier molecular flexibility index (Phi) is 5.29. The molecule has 0 aliphatic carbocycles. The van der Waals surface area contributed by atoms with Crippen LogP contribution in [0.25, 0.3) is 0 Å². The number of ether oxygens (including phenoxy) is 2. The van der Waals surface area contributed by atoms with Gasteiger partial charge in [0.25, 0.3) is 0 Å². The molecule has 2 nitrogen and oxygen atoms in total. The van der Waals surface area contributed by atoms with Gasteiger partial charge in [-0.1, -0.05) is 12.8 Å². The first-order valence-corrected chi connectivity index (χ1v) is 2.91. The molecule has 0 fully saturated rings. The van der Waals surface area contributed by atoms with E-state index in [0.29, 0.717) is 0 Å². The van der Waals surface area contributed by atoms with Crippen LogP contribution in [-0.2, 0) is 9.47 Å². The molecule has 1 atom stereocenters. The Morgan fingerprint density at radius 2 is 2.33 bits per heavy atom. The van der Waals surface area contributed by atoms with Gasteiger partial charge in [-0.3, -0.25) is 0 Å². The fraction of sp³-hybridized carbons (Fsp3) is 0.714. The van der Waals surface area contributed by atoms with Gasteiger partial charge in [-0.25, -0.2) is 0 Å². The lowest BCUT2D eigenvalue weighted by atomic mass is 10.3. The van der Waals surface area contributed by atoms with Gasteiger partial charge in [0.1, 0.15) is 12.9 Å². The smallest absolute Gasteiger partial charge is 0.148 e. The second-order valence-corrected chi connectivity index (χ2v) is 1.64. The molecule has 0 amide bonds. The molecule has 1 unspecified atom stereocenters. The minimum Gasteiger partial charge on any atom is -0.359 e. The highest BCUT2D eigenvalue weighted by atomic mass is 16.7. The molecule has 0 radical (unpaired) electrons. The van der Waals surface area contributed by atoms with Crippen LogP contribution >= 0.6 is 0 Å². The van der Waals surface area contributed by atoms with Crippen molar-refractivity contribution >= 4 is 0 Å². The molecule has 52 valence electrons. The molecular formula is C7H12O2. The highest BCUT2D eigenvalue weighted by Crippen LogP contribution is 1.94. The molecule has 0 aliphatic heterocycles. The Morgan fingerprint density at radius 3 is 2.67 bits per heavy atom. The van der Waals surface area contributed by atoms with Crippen LogP contribution in [0.2, 0.25) is 0 Å². The van der Waals surface area contributed by atoms with E-state index < -0.39 is 0 Å². The quantitative estimate of drug-likeness (QED) is 0.415. The van der Waals surface area contributed by atoms with Crippen LogP contribution in [0.3, 0.4) is 0 Å². The fourth-order valence-electron chi connectivity index (χ4n) is 0.434. The molecule has 0 aliphatic rings. The molecule has 0 rings (SSSR count). The number of methoxy groups -OCH3 is 1. The summed E-state index contributed by atoms with van der Waals surface area (Å²) in [6, 6.07) is 0. The third-order valence-electron chi connectivity index (χ3n) is 0.944. The van der Waals surface area contributed by atoms with Crippen LogP contribution in [0.1, 0.15) is 13.3 Å². The predicted molar refractivity (Wildman–Crippen MR) is 35.9 cm³/mol. The van der Waals surface area contributed by atoms with Crippen LogP contribution in [0.5, 0.6) is 0 Å². The summed E-state index contributed by atoms with van der Waals surface area (Å²) < 4.78 is 9.69. The number of terminal acetylenes is 1. The molecule has 9 heavy (non-hydrogen) atoms.